The first-order chi connectivity index (χ1) is 18.0. The van der Waals surface area contributed by atoms with E-state index in [0.717, 1.165) is 36.0 Å². The van der Waals surface area contributed by atoms with Gasteiger partial charge >= 0.3 is 12.1 Å². The summed E-state index contributed by atoms with van der Waals surface area (Å²) in [7, 11) is 1.35. The summed E-state index contributed by atoms with van der Waals surface area (Å²) in [6.45, 7) is 6.49. The molecule has 2 aromatic carbocycles. The normalized spacial score (nSPS) is 16.3. The largest absolute Gasteiger partial charge is 0.489 e. The molecule has 0 aliphatic carbocycles. The minimum absolute atomic E-state index is 0.109. The molecule has 1 saturated heterocycles. The van der Waals surface area contributed by atoms with Crippen LogP contribution in [0.1, 0.15) is 63.1 Å². The summed E-state index contributed by atoms with van der Waals surface area (Å²) in [5.41, 5.74) is 1.81. The topological polar surface area (TPSA) is 94.2 Å². The molecule has 2 amide bonds. The van der Waals surface area contributed by atoms with E-state index in [1.54, 1.807) is 37.8 Å². The number of hydrogen-bond donors (Lipinski definition) is 1. The zero-order chi connectivity index (χ0) is 27.7. The van der Waals surface area contributed by atoms with Crippen LogP contribution in [0.4, 0.5) is 4.79 Å². The maximum Gasteiger partial charge on any atom is 0.408 e. The van der Waals surface area contributed by atoms with Crippen LogP contribution in [0.3, 0.4) is 0 Å². The first kappa shape index (κ1) is 29.3. The molecule has 1 N–H and O–H groups in total. The van der Waals surface area contributed by atoms with Crippen LogP contribution in [0.25, 0.3) is 0 Å². The monoisotopic (exact) mass is 544 g/mol. The molecule has 1 heterocycles. The third kappa shape index (κ3) is 9.24. The second kappa shape index (κ2) is 13.5. The molecule has 1 fully saturated rings. The first-order valence-corrected chi connectivity index (χ1v) is 13.3. The van der Waals surface area contributed by atoms with E-state index in [4.69, 9.17) is 25.8 Å². The summed E-state index contributed by atoms with van der Waals surface area (Å²) in [6.07, 6.45) is 2.67. The lowest BCUT2D eigenvalue weighted by molar-refractivity contribution is -0.139. The molecule has 0 bridgehead atoms. The Morgan fingerprint density at radius 3 is 2.45 bits per heavy atom. The van der Waals surface area contributed by atoms with Gasteiger partial charge < -0.3 is 24.4 Å². The summed E-state index contributed by atoms with van der Waals surface area (Å²) >= 11 is 6.00. The van der Waals surface area contributed by atoms with Crippen molar-refractivity contribution in [1.29, 1.82) is 0 Å². The number of methoxy groups -OCH3 is 1. The number of rotatable bonds is 8. The highest BCUT2D eigenvalue weighted by molar-refractivity contribution is 6.30. The van der Waals surface area contributed by atoms with E-state index in [1.165, 1.54) is 7.11 Å². The van der Waals surface area contributed by atoms with Gasteiger partial charge in [-0.1, -0.05) is 42.6 Å². The Morgan fingerprint density at radius 1 is 1.05 bits per heavy atom. The van der Waals surface area contributed by atoms with Crippen LogP contribution in [-0.2, 0) is 38.6 Å². The maximum atomic E-state index is 13.6. The second-order valence-electron chi connectivity index (χ2n) is 10.4. The zero-order valence-electron chi connectivity index (χ0n) is 22.6. The molecule has 38 heavy (non-hydrogen) atoms. The van der Waals surface area contributed by atoms with Crippen LogP contribution < -0.4 is 10.1 Å². The van der Waals surface area contributed by atoms with Crippen molar-refractivity contribution in [3.8, 4) is 5.75 Å². The van der Waals surface area contributed by atoms with Gasteiger partial charge in [0.25, 0.3) is 0 Å². The molecule has 1 aliphatic heterocycles. The lowest BCUT2D eigenvalue weighted by Crippen LogP contribution is -2.50. The third-order valence-corrected chi connectivity index (χ3v) is 6.34. The van der Waals surface area contributed by atoms with Crippen LogP contribution in [0, 0.1) is 0 Å². The SMILES string of the molecule is COC(=O)Cc1ccc(OCc2ccc(Cl)cc2)c(CN2CCCCCC(NC(=O)OC(C)(C)C)C2=O)c1. The summed E-state index contributed by atoms with van der Waals surface area (Å²) in [6, 6.07) is 12.2. The fourth-order valence-electron chi connectivity index (χ4n) is 4.22. The molecule has 2 aromatic rings. The van der Waals surface area contributed by atoms with Gasteiger partial charge in [-0.3, -0.25) is 9.59 Å². The number of esters is 1. The van der Waals surface area contributed by atoms with Crippen molar-refractivity contribution >= 4 is 29.6 Å². The molecule has 0 radical (unpaired) electrons. The van der Waals surface area contributed by atoms with E-state index in [-0.39, 0.29) is 24.8 Å². The summed E-state index contributed by atoms with van der Waals surface area (Å²) in [5, 5.41) is 3.41. The molecule has 9 heteroatoms. The molecule has 1 unspecified atom stereocenters. The van der Waals surface area contributed by atoms with Crippen molar-refractivity contribution in [3.05, 3.63) is 64.2 Å². The number of halogens is 1. The Hall–Kier alpha value is -3.26. The van der Waals surface area contributed by atoms with Crippen LogP contribution in [0.15, 0.2) is 42.5 Å². The fourth-order valence-corrected chi connectivity index (χ4v) is 4.34. The molecule has 0 saturated carbocycles. The van der Waals surface area contributed by atoms with E-state index in [2.05, 4.69) is 5.32 Å². The number of nitrogens with one attached hydrogen (secondary N) is 1. The lowest BCUT2D eigenvalue weighted by Gasteiger charge is -2.31. The van der Waals surface area contributed by atoms with E-state index in [1.807, 2.05) is 30.3 Å². The standard InChI is InChI=1S/C29H37ClN2O6/c1-29(2,3)38-28(35)31-24-8-6-5-7-15-32(27(24)34)18-22-16-21(17-26(33)36-4)11-14-25(22)37-19-20-9-12-23(30)13-10-20/h9-14,16,24H,5-8,15,17-19H2,1-4H3,(H,31,35). The highest BCUT2D eigenvalue weighted by Gasteiger charge is 2.29. The van der Waals surface area contributed by atoms with E-state index >= 15 is 0 Å². The number of benzene rings is 2. The Morgan fingerprint density at radius 2 is 1.76 bits per heavy atom. The van der Waals surface area contributed by atoms with Gasteiger partial charge in [0.15, 0.2) is 0 Å². The van der Waals surface area contributed by atoms with Gasteiger partial charge in [-0.05, 0) is 69.0 Å². The minimum atomic E-state index is -0.679. The number of amides is 2. The van der Waals surface area contributed by atoms with E-state index < -0.39 is 17.7 Å². The Balaban J connectivity index is 1.82. The molecular formula is C29H37ClN2O6. The molecule has 0 aromatic heterocycles. The van der Waals surface area contributed by atoms with Gasteiger partial charge in [-0.15, -0.1) is 0 Å². The molecule has 8 nitrogen and oxygen atoms in total. The molecule has 1 atom stereocenters. The Bertz CT molecular complexity index is 1110. The molecular weight excluding hydrogens is 508 g/mol. The predicted molar refractivity (Wildman–Crippen MR) is 145 cm³/mol. The number of carbonyl (C=O) groups excluding carboxylic acids is 3. The summed E-state index contributed by atoms with van der Waals surface area (Å²) in [4.78, 5) is 39.6. The molecule has 206 valence electrons. The van der Waals surface area contributed by atoms with Crippen molar-refractivity contribution in [2.75, 3.05) is 13.7 Å². The number of nitrogens with zero attached hydrogens (tertiary/aromatic N) is 1. The van der Waals surface area contributed by atoms with E-state index in [9.17, 15) is 14.4 Å². The number of carbonyl (C=O) groups is 3. The average molecular weight is 545 g/mol. The van der Waals surface area contributed by atoms with Gasteiger partial charge in [-0.25, -0.2) is 4.79 Å². The lowest BCUT2D eigenvalue weighted by atomic mass is 10.0. The molecule has 0 spiro atoms. The number of ether oxygens (including phenoxy) is 3. The van der Waals surface area contributed by atoms with Crippen LogP contribution >= 0.6 is 11.6 Å². The predicted octanol–water partition coefficient (Wildman–Crippen LogP) is 5.43. The fraction of sp³-hybridized carbons (Fsp3) is 0.483. The van der Waals surface area contributed by atoms with Crippen molar-refractivity contribution in [1.82, 2.24) is 10.2 Å². The van der Waals surface area contributed by atoms with Crippen molar-refractivity contribution < 1.29 is 28.6 Å². The zero-order valence-corrected chi connectivity index (χ0v) is 23.3. The number of hydrogen-bond acceptors (Lipinski definition) is 6. The van der Waals surface area contributed by atoms with Gasteiger partial charge in [0.05, 0.1) is 13.5 Å². The van der Waals surface area contributed by atoms with Crippen LogP contribution in [-0.4, -0.2) is 48.2 Å². The first-order valence-electron chi connectivity index (χ1n) is 12.9. The van der Waals surface area contributed by atoms with Gasteiger partial charge in [0.1, 0.15) is 24.0 Å². The highest BCUT2D eigenvalue weighted by atomic mass is 35.5. The van der Waals surface area contributed by atoms with Crippen LogP contribution in [0.2, 0.25) is 5.02 Å². The minimum Gasteiger partial charge on any atom is -0.489 e. The van der Waals surface area contributed by atoms with Gasteiger partial charge in [-0.2, -0.15) is 0 Å². The molecule has 1 aliphatic rings. The molecule has 3 rings (SSSR count). The Kier molecular flexibility index (Phi) is 10.4. The van der Waals surface area contributed by atoms with Gasteiger partial charge in [0, 0.05) is 23.7 Å². The van der Waals surface area contributed by atoms with Crippen molar-refractivity contribution in [2.45, 2.75) is 77.7 Å². The van der Waals surface area contributed by atoms with Crippen LogP contribution in [0.5, 0.6) is 5.75 Å². The second-order valence-corrected chi connectivity index (χ2v) is 10.9. The average Bonchev–Trinajstić information content (AvgIpc) is 2.85. The van der Waals surface area contributed by atoms with Gasteiger partial charge in [0.2, 0.25) is 5.91 Å². The quantitative estimate of drug-likeness (QED) is 0.445. The summed E-state index contributed by atoms with van der Waals surface area (Å²) < 4.78 is 16.4. The number of likely N-dealkylation sites (tertiary alicyclic amines) is 1. The number of alkyl carbamates (subject to hydrolysis) is 1. The summed E-state index contributed by atoms with van der Waals surface area (Å²) in [5.74, 6) is 0.0902. The maximum absolute atomic E-state index is 13.6. The highest BCUT2D eigenvalue weighted by Crippen LogP contribution is 2.26. The third-order valence-electron chi connectivity index (χ3n) is 6.09. The van der Waals surface area contributed by atoms with E-state index in [0.29, 0.717) is 30.3 Å². The smallest absolute Gasteiger partial charge is 0.408 e. The van der Waals surface area contributed by atoms with Crippen molar-refractivity contribution in [2.24, 2.45) is 0 Å². The van der Waals surface area contributed by atoms with Crippen molar-refractivity contribution in [3.63, 3.8) is 0 Å². The Labute approximate surface area is 229 Å².